The molecule has 102 valence electrons. The average molecular weight is 265 g/mol. The Morgan fingerprint density at radius 3 is 2.50 bits per heavy atom. The van der Waals surface area contributed by atoms with Crippen molar-refractivity contribution in [3.8, 4) is 0 Å². The van der Waals surface area contributed by atoms with E-state index >= 15 is 0 Å². The topological polar surface area (TPSA) is 39.2 Å². The van der Waals surface area contributed by atoms with Gasteiger partial charge in [0.25, 0.3) is 0 Å². The Morgan fingerprint density at radius 1 is 1.00 bits per heavy atom. The zero-order valence-corrected chi connectivity index (χ0v) is 11.7. The molecule has 0 aliphatic carbocycles. The van der Waals surface area contributed by atoms with Crippen molar-refractivity contribution in [3.63, 3.8) is 0 Å². The summed E-state index contributed by atoms with van der Waals surface area (Å²) in [5.74, 6) is 0.916. The van der Waals surface area contributed by atoms with Crippen molar-refractivity contribution >= 4 is 11.0 Å². The quantitative estimate of drug-likeness (QED) is 0.773. The van der Waals surface area contributed by atoms with E-state index in [9.17, 15) is 0 Å². The maximum atomic E-state index is 5.82. The first-order valence-electron chi connectivity index (χ1n) is 7.09. The third-order valence-electron chi connectivity index (χ3n) is 3.73. The molecule has 0 aliphatic rings. The van der Waals surface area contributed by atoms with Crippen molar-refractivity contribution in [2.24, 2.45) is 5.73 Å². The number of aryl methyl sites for hydroxylation is 1. The van der Waals surface area contributed by atoms with Crippen LogP contribution in [0, 0.1) is 0 Å². The van der Waals surface area contributed by atoms with Gasteiger partial charge in [-0.2, -0.15) is 0 Å². The number of benzene rings is 2. The van der Waals surface area contributed by atoms with Gasteiger partial charge in [0, 0.05) is 10.9 Å². The van der Waals surface area contributed by atoms with E-state index in [1.54, 1.807) is 0 Å². The van der Waals surface area contributed by atoms with Crippen LogP contribution in [0.2, 0.25) is 0 Å². The molecule has 0 saturated carbocycles. The van der Waals surface area contributed by atoms with Gasteiger partial charge in [-0.05, 0) is 36.1 Å². The normalized spacial score (nSPS) is 11.1. The van der Waals surface area contributed by atoms with E-state index in [0.29, 0.717) is 6.54 Å². The maximum absolute atomic E-state index is 5.82. The minimum absolute atomic E-state index is 0.464. The number of hydrogen-bond acceptors (Lipinski definition) is 2. The summed E-state index contributed by atoms with van der Waals surface area (Å²) in [6.45, 7) is 2.61. The Kier molecular flexibility index (Phi) is 3.57. The summed E-state index contributed by atoms with van der Waals surface area (Å²) in [4.78, 5) is 0. The Balaban J connectivity index is 2.01. The van der Waals surface area contributed by atoms with Crippen molar-refractivity contribution in [2.45, 2.75) is 26.3 Å². The van der Waals surface area contributed by atoms with Gasteiger partial charge in [-0.3, -0.25) is 0 Å². The Hall–Kier alpha value is -2.06. The molecule has 0 saturated heterocycles. The molecule has 3 rings (SSSR count). The first-order chi connectivity index (χ1) is 9.81. The first-order valence-corrected chi connectivity index (χ1v) is 7.09. The zero-order valence-electron chi connectivity index (χ0n) is 11.7. The van der Waals surface area contributed by atoms with Gasteiger partial charge >= 0.3 is 0 Å². The lowest BCUT2D eigenvalue weighted by atomic mass is 10.0. The van der Waals surface area contributed by atoms with Crippen molar-refractivity contribution in [1.29, 1.82) is 0 Å². The van der Waals surface area contributed by atoms with E-state index in [-0.39, 0.29) is 0 Å². The fourth-order valence-corrected chi connectivity index (χ4v) is 2.74. The molecule has 3 aromatic rings. The molecule has 0 spiro atoms. The average Bonchev–Trinajstić information content (AvgIpc) is 2.85. The van der Waals surface area contributed by atoms with E-state index < -0.39 is 0 Å². The highest BCUT2D eigenvalue weighted by molar-refractivity contribution is 5.83. The smallest absolute Gasteiger partial charge is 0.134 e. The summed E-state index contributed by atoms with van der Waals surface area (Å²) in [5.41, 5.74) is 10.6. The molecule has 0 amide bonds. The van der Waals surface area contributed by atoms with Crippen molar-refractivity contribution in [3.05, 3.63) is 71.0 Å². The lowest BCUT2D eigenvalue weighted by Gasteiger charge is -2.02. The van der Waals surface area contributed by atoms with Gasteiger partial charge in [0.2, 0.25) is 0 Å². The standard InChI is InChI=1S/C18H19NO/c1-2-15-16-11-14(10-13-6-4-3-5-7-13)8-9-17(16)20-18(15)12-19/h3-9,11H,2,10,12,19H2,1H3. The van der Waals surface area contributed by atoms with Gasteiger partial charge in [0.15, 0.2) is 0 Å². The molecular weight excluding hydrogens is 246 g/mol. The van der Waals surface area contributed by atoms with E-state index in [0.717, 1.165) is 24.2 Å². The van der Waals surface area contributed by atoms with Gasteiger partial charge in [-0.15, -0.1) is 0 Å². The summed E-state index contributed by atoms with van der Waals surface area (Å²) in [5, 5.41) is 1.21. The molecule has 20 heavy (non-hydrogen) atoms. The van der Waals surface area contributed by atoms with Crippen molar-refractivity contribution in [1.82, 2.24) is 0 Å². The Labute approximate surface area is 119 Å². The molecule has 0 unspecified atom stereocenters. The second-order valence-electron chi connectivity index (χ2n) is 5.05. The summed E-state index contributed by atoms with van der Waals surface area (Å²) < 4.78 is 5.82. The van der Waals surface area contributed by atoms with Crippen LogP contribution in [0.15, 0.2) is 52.9 Å². The highest BCUT2D eigenvalue weighted by Crippen LogP contribution is 2.28. The lowest BCUT2D eigenvalue weighted by molar-refractivity contribution is 0.546. The fourth-order valence-electron chi connectivity index (χ4n) is 2.74. The zero-order chi connectivity index (χ0) is 13.9. The SMILES string of the molecule is CCc1c(CN)oc2ccc(Cc3ccccc3)cc12. The molecule has 0 atom stereocenters. The van der Waals surface area contributed by atoms with Crippen LogP contribution in [0.25, 0.3) is 11.0 Å². The molecule has 1 heterocycles. The van der Waals surface area contributed by atoms with Crippen LogP contribution in [0.3, 0.4) is 0 Å². The second kappa shape index (κ2) is 5.51. The monoisotopic (exact) mass is 265 g/mol. The van der Waals surface area contributed by atoms with Gasteiger partial charge < -0.3 is 10.2 Å². The summed E-state index contributed by atoms with van der Waals surface area (Å²) in [6, 6.07) is 17.0. The van der Waals surface area contributed by atoms with E-state index in [1.807, 2.05) is 6.07 Å². The first kappa shape index (κ1) is 12.9. The van der Waals surface area contributed by atoms with Crippen LogP contribution in [-0.2, 0) is 19.4 Å². The minimum Gasteiger partial charge on any atom is -0.459 e. The van der Waals surface area contributed by atoms with Gasteiger partial charge in [-0.25, -0.2) is 0 Å². The molecule has 2 heteroatoms. The largest absolute Gasteiger partial charge is 0.459 e. The number of furan rings is 1. The van der Waals surface area contributed by atoms with Crippen LogP contribution in [-0.4, -0.2) is 0 Å². The molecule has 1 aromatic heterocycles. The molecule has 0 aliphatic heterocycles. The number of fused-ring (bicyclic) bond motifs is 1. The molecular formula is C18H19NO. The Morgan fingerprint density at radius 2 is 1.80 bits per heavy atom. The van der Waals surface area contributed by atoms with Gasteiger partial charge in [-0.1, -0.05) is 43.3 Å². The van der Waals surface area contributed by atoms with E-state index in [4.69, 9.17) is 10.2 Å². The number of hydrogen-bond donors (Lipinski definition) is 1. The van der Waals surface area contributed by atoms with Crippen LogP contribution in [0.4, 0.5) is 0 Å². The molecule has 2 nitrogen and oxygen atoms in total. The fraction of sp³-hybridized carbons (Fsp3) is 0.222. The van der Waals surface area contributed by atoms with E-state index in [1.165, 1.54) is 22.1 Å². The third kappa shape index (κ3) is 2.35. The number of nitrogens with two attached hydrogens (primary N) is 1. The van der Waals surface area contributed by atoms with Crippen LogP contribution in [0.5, 0.6) is 0 Å². The maximum Gasteiger partial charge on any atom is 0.134 e. The Bertz CT molecular complexity index is 713. The molecule has 0 radical (unpaired) electrons. The molecule has 2 aromatic carbocycles. The molecule has 0 fully saturated rings. The van der Waals surface area contributed by atoms with Gasteiger partial charge in [0.05, 0.1) is 6.54 Å². The second-order valence-corrected chi connectivity index (χ2v) is 5.05. The highest BCUT2D eigenvalue weighted by atomic mass is 16.3. The van der Waals surface area contributed by atoms with Crippen molar-refractivity contribution in [2.75, 3.05) is 0 Å². The third-order valence-corrected chi connectivity index (χ3v) is 3.73. The lowest BCUT2D eigenvalue weighted by Crippen LogP contribution is -1.97. The number of rotatable bonds is 4. The molecule has 0 bridgehead atoms. The summed E-state index contributed by atoms with van der Waals surface area (Å²) >= 11 is 0. The minimum atomic E-state index is 0.464. The van der Waals surface area contributed by atoms with Gasteiger partial charge in [0.1, 0.15) is 11.3 Å². The highest BCUT2D eigenvalue weighted by Gasteiger charge is 2.11. The van der Waals surface area contributed by atoms with Crippen LogP contribution >= 0.6 is 0 Å². The summed E-state index contributed by atoms with van der Waals surface area (Å²) in [7, 11) is 0. The van der Waals surface area contributed by atoms with Crippen LogP contribution < -0.4 is 5.73 Å². The van der Waals surface area contributed by atoms with Crippen LogP contribution in [0.1, 0.15) is 29.4 Å². The predicted octanol–water partition coefficient (Wildman–Crippen LogP) is 4.04. The van der Waals surface area contributed by atoms with Crippen molar-refractivity contribution < 1.29 is 4.42 Å². The summed E-state index contributed by atoms with van der Waals surface area (Å²) in [6.07, 6.45) is 1.90. The predicted molar refractivity (Wildman–Crippen MR) is 82.7 cm³/mol. The van der Waals surface area contributed by atoms with E-state index in [2.05, 4.69) is 49.4 Å². The molecule has 2 N–H and O–H groups in total.